The summed E-state index contributed by atoms with van der Waals surface area (Å²) in [5.41, 5.74) is 1.90. The number of phenolic OH excluding ortho intramolecular Hbond substituents is 1. The average molecular weight is 499 g/mol. The van der Waals surface area contributed by atoms with Crippen LogP contribution in [0, 0.1) is 5.41 Å². The van der Waals surface area contributed by atoms with E-state index in [0.29, 0.717) is 22.0 Å². The number of anilines is 1. The molecular formula is C24H23BrN2O5. The van der Waals surface area contributed by atoms with E-state index < -0.39 is 23.5 Å². The molecule has 32 heavy (non-hydrogen) atoms. The van der Waals surface area contributed by atoms with E-state index in [1.54, 1.807) is 73.9 Å². The number of amides is 2. The summed E-state index contributed by atoms with van der Waals surface area (Å²) in [4.78, 5) is 24.3. The molecule has 0 aliphatic heterocycles. The normalized spacial score (nSPS) is 12.5. The van der Waals surface area contributed by atoms with Crippen LogP contribution >= 0.6 is 15.9 Å². The number of aromatic hydroxyl groups is 1. The first kappa shape index (κ1) is 23.3. The van der Waals surface area contributed by atoms with E-state index in [-0.39, 0.29) is 5.75 Å². The van der Waals surface area contributed by atoms with Gasteiger partial charge < -0.3 is 9.84 Å². The highest BCUT2D eigenvalue weighted by atomic mass is 79.9. The summed E-state index contributed by atoms with van der Waals surface area (Å²) in [6.45, 7) is 3.60. The Kier molecular flexibility index (Phi) is 7.17. The van der Waals surface area contributed by atoms with Crippen molar-refractivity contribution >= 4 is 44.4 Å². The lowest BCUT2D eigenvalue weighted by molar-refractivity contribution is -0.124. The molecular weight excluding hydrogens is 476 g/mol. The van der Waals surface area contributed by atoms with Gasteiger partial charge in [0.15, 0.2) is 0 Å². The zero-order valence-corrected chi connectivity index (χ0v) is 19.1. The fraction of sp³-hybridized carbons (Fsp3) is 0.167. The molecule has 1 atom stereocenters. The topological polar surface area (TPSA) is 108 Å². The van der Waals surface area contributed by atoms with Crippen molar-refractivity contribution in [3.8, 4) is 5.75 Å². The SMILES string of the molecule is CC(C)(/C=C/C(=O)NO)[C@H](OC(=O)Nc1ccc(Br)cc1)c1ccc(O)c2ccccc12. The van der Waals surface area contributed by atoms with Crippen molar-refractivity contribution < 1.29 is 24.6 Å². The van der Waals surface area contributed by atoms with Gasteiger partial charge in [-0.05, 0) is 35.7 Å². The number of halogens is 1. The lowest BCUT2D eigenvalue weighted by atomic mass is 9.80. The molecule has 2 amide bonds. The molecule has 0 heterocycles. The van der Waals surface area contributed by atoms with E-state index in [9.17, 15) is 14.7 Å². The van der Waals surface area contributed by atoms with Gasteiger partial charge in [-0.1, -0.05) is 66.2 Å². The van der Waals surface area contributed by atoms with Crippen molar-refractivity contribution in [2.24, 2.45) is 5.41 Å². The van der Waals surface area contributed by atoms with Gasteiger partial charge in [-0.2, -0.15) is 0 Å². The van der Waals surface area contributed by atoms with E-state index in [1.807, 2.05) is 12.1 Å². The maximum atomic E-state index is 12.8. The molecule has 0 spiro atoms. The number of rotatable bonds is 6. The number of hydroxylamine groups is 1. The van der Waals surface area contributed by atoms with Crippen molar-refractivity contribution in [1.29, 1.82) is 0 Å². The van der Waals surface area contributed by atoms with E-state index in [4.69, 9.17) is 9.94 Å². The summed E-state index contributed by atoms with van der Waals surface area (Å²) in [6.07, 6.45) is 1.22. The van der Waals surface area contributed by atoms with Gasteiger partial charge in [0.2, 0.25) is 0 Å². The highest BCUT2D eigenvalue weighted by Gasteiger charge is 2.34. The van der Waals surface area contributed by atoms with Crippen LogP contribution in [0.1, 0.15) is 25.5 Å². The summed E-state index contributed by atoms with van der Waals surface area (Å²) >= 11 is 3.35. The summed E-state index contributed by atoms with van der Waals surface area (Å²) < 4.78 is 6.73. The molecule has 0 unspecified atom stereocenters. The monoisotopic (exact) mass is 498 g/mol. The number of hydrogen-bond acceptors (Lipinski definition) is 5. The molecule has 0 aromatic heterocycles. The van der Waals surface area contributed by atoms with E-state index in [2.05, 4.69) is 21.2 Å². The Morgan fingerprint density at radius 3 is 2.34 bits per heavy atom. The third kappa shape index (κ3) is 5.46. The molecule has 8 heteroatoms. The van der Waals surface area contributed by atoms with Gasteiger partial charge in [0.25, 0.3) is 5.91 Å². The smallest absolute Gasteiger partial charge is 0.412 e. The van der Waals surface area contributed by atoms with Crippen molar-refractivity contribution in [3.05, 3.63) is 82.9 Å². The van der Waals surface area contributed by atoms with Gasteiger partial charge in [-0.25, -0.2) is 10.3 Å². The molecule has 3 aromatic carbocycles. The van der Waals surface area contributed by atoms with Gasteiger partial charge in [0.1, 0.15) is 11.9 Å². The highest BCUT2D eigenvalue weighted by molar-refractivity contribution is 9.10. The summed E-state index contributed by atoms with van der Waals surface area (Å²) in [6, 6.07) is 17.5. The van der Waals surface area contributed by atoms with Crippen LogP contribution in [0.15, 0.2) is 77.3 Å². The largest absolute Gasteiger partial charge is 0.507 e. The number of ether oxygens (including phenoxy) is 1. The first-order valence-corrected chi connectivity index (χ1v) is 10.6. The number of phenols is 1. The van der Waals surface area contributed by atoms with Crippen LogP contribution in [0.3, 0.4) is 0 Å². The van der Waals surface area contributed by atoms with Crippen molar-refractivity contribution in [2.75, 3.05) is 5.32 Å². The second kappa shape index (κ2) is 9.84. The number of carbonyl (C=O) groups is 2. The molecule has 3 rings (SSSR count). The molecule has 0 saturated heterocycles. The van der Waals surface area contributed by atoms with Crippen LogP contribution in [0.5, 0.6) is 5.75 Å². The lowest BCUT2D eigenvalue weighted by Crippen LogP contribution is -2.28. The Morgan fingerprint density at radius 1 is 1.03 bits per heavy atom. The first-order chi connectivity index (χ1) is 15.2. The standard InChI is InChI=1S/C24H23BrN2O5/c1-24(2,14-13-21(29)27-31)22(32-23(30)26-16-9-7-15(25)8-10-16)19-11-12-20(28)18-6-4-3-5-17(18)19/h3-14,22,28,31H,1-2H3,(H,26,30)(H,27,29)/b14-13+/t22-/m1/s1. The minimum atomic E-state index is -0.858. The summed E-state index contributed by atoms with van der Waals surface area (Å²) in [7, 11) is 0. The number of hydrogen-bond donors (Lipinski definition) is 4. The van der Waals surface area contributed by atoms with Crippen LogP contribution < -0.4 is 10.8 Å². The third-order valence-corrected chi connectivity index (χ3v) is 5.51. The van der Waals surface area contributed by atoms with E-state index >= 15 is 0 Å². The van der Waals surface area contributed by atoms with Gasteiger partial charge in [0.05, 0.1) is 0 Å². The number of fused-ring (bicyclic) bond motifs is 1. The number of benzene rings is 3. The average Bonchev–Trinajstić information content (AvgIpc) is 2.78. The van der Waals surface area contributed by atoms with Crippen LogP contribution in [0.2, 0.25) is 0 Å². The molecule has 4 N–H and O–H groups in total. The molecule has 0 fully saturated rings. The zero-order valence-electron chi connectivity index (χ0n) is 17.5. The lowest BCUT2D eigenvalue weighted by Gasteiger charge is -2.32. The first-order valence-electron chi connectivity index (χ1n) is 9.78. The highest BCUT2D eigenvalue weighted by Crippen LogP contribution is 2.42. The fourth-order valence-corrected chi connectivity index (χ4v) is 3.62. The number of carbonyl (C=O) groups excluding carboxylic acids is 2. The Bertz CT molecular complexity index is 1160. The van der Waals surface area contributed by atoms with Crippen molar-refractivity contribution in [3.63, 3.8) is 0 Å². The zero-order chi connectivity index (χ0) is 23.3. The van der Waals surface area contributed by atoms with E-state index in [1.165, 1.54) is 6.08 Å². The molecule has 0 radical (unpaired) electrons. The quantitative estimate of drug-likeness (QED) is 0.198. The maximum Gasteiger partial charge on any atom is 0.412 e. The third-order valence-electron chi connectivity index (χ3n) is 4.98. The Balaban J connectivity index is 2.01. The summed E-state index contributed by atoms with van der Waals surface area (Å²) in [5.74, 6) is -0.595. The molecule has 7 nitrogen and oxygen atoms in total. The predicted molar refractivity (Wildman–Crippen MR) is 125 cm³/mol. The van der Waals surface area contributed by atoms with Crippen LogP contribution in [0.25, 0.3) is 10.8 Å². The van der Waals surface area contributed by atoms with Crippen LogP contribution in [-0.4, -0.2) is 22.3 Å². The predicted octanol–water partition coefficient (Wildman–Crippen LogP) is 5.69. The minimum absolute atomic E-state index is 0.107. The van der Waals surface area contributed by atoms with Crippen molar-refractivity contribution in [1.82, 2.24) is 5.48 Å². The molecule has 166 valence electrons. The van der Waals surface area contributed by atoms with E-state index in [0.717, 1.165) is 4.47 Å². The van der Waals surface area contributed by atoms with Gasteiger partial charge >= 0.3 is 6.09 Å². The second-order valence-corrected chi connectivity index (χ2v) is 8.68. The molecule has 0 aliphatic carbocycles. The minimum Gasteiger partial charge on any atom is -0.507 e. The maximum absolute atomic E-state index is 12.8. The Hall–Kier alpha value is -3.36. The number of nitrogens with one attached hydrogen (secondary N) is 2. The molecule has 3 aromatic rings. The van der Waals surface area contributed by atoms with Crippen molar-refractivity contribution in [2.45, 2.75) is 20.0 Å². The summed E-state index contributed by atoms with van der Waals surface area (Å²) in [5, 5.41) is 23.1. The van der Waals surface area contributed by atoms with Gasteiger partial charge in [-0.3, -0.25) is 15.3 Å². The fourth-order valence-electron chi connectivity index (χ4n) is 3.35. The van der Waals surface area contributed by atoms with Crippen LogP contribution in [0.4, 0.5) is 10.5 Å². The molecule has 0 bridgehead atoms. The van der Waals surface area contributed by atoms with Gasteiger partial charge in [0, 0.05) is 32.6 Å². The second-order valence-electron chi connectivity index (χ2n) is 7.77. The molecule has 0 aliphatic rings. The Morgan fingerprint density at radius 2 is 1.69 bits per heavy atom. The van der Waals surface area contributed by atoms with Gasteiger partial charge in [-0.15, -0.1) is 0 Å². The van der Waals surface area contributed by atoms with Crippen LogP contribution in [-0.2, 0) is 9.53 Å². The Labute approximate surface area is 193 Å². The molecule has 0 saturated carbocycles.